The fourth-order valence-electron chi connectivity index (χ4n) is 3.50. The molecule has 1 saturated heterocycles. The van der Waals surface area contributed by atoms with Gasteiger partial charge in [0.1, 0.15) is 0 Å². The summed E-state index contributed by atoms with van der Waals surface area (Å²) in [4.78, 5) is 38.4. The third kappa shape index (κ3) is 4.38. The van der Waals surface area contributed by atoms with Crippen molar-refractivity contribution < 1.29 is 14.7 Å². The molecule has 2 amide bonds. The number of hydrogen-bond donors (Lipinski definition) is 3. The van der Waals surface area contributed by atoms with Gasteiger partial charge in [-0.15, -0.1) is 0 Å². The number of benzene rings is 1. The number of amides is 2. The minimum Gasteiger partial charge on any atom is -0.393 e. The summed E-state index contributed by atoms with van der Waals surface area (Å²) in [6.45, 7) is 2.74. The van der Waals surface area contributed by atoms with Gasteiger partial charge in [-0.2, -0.15) is 10.2 Å². The summed E-state index contributed by atoms with van der Waals surface area (Å²) in [5, 5.41) is 22.9. The Balaban J connectivity index is 1.49. The van der Waals surface area contributed by atoms with Crippen LogP contribution < -0.4 is 10.9 Å². The number of anilines is 1. The first-order valence-corrected chi connectivity index (χ1v) is 9.92. The molecule has 1 aliphatic heterocycles. The average molecular weight is 422 g/mol. The van der Waals surface area contributed by atoms with Crippen molar-refractivity contribution >= 4 is 17.5 Å². The van der Waals surface area contributed by atoms with E-state index in [9.17, 15) is 19.5 Å². The minimum absolute atomic E-state index is 0.129. The highest BCUT2D eigenvalue weighted by Gasteiger charge is 2.23. The van der Waals surface area contributed by atoms with Gasteiger partial charge in [0.25, 0.3) is 17.4 Å². The summed E-state index contributed by atoms with van der Waals surface area (Å²) in [6.07, 6.45) is 2.20. The van der Waals surface area contributed by atoms with Gasteiger partial charge >= 0.3 is 0 Å². The largest absolute Gasteiger partial charge is 0.393 e. The molecule has 3 heterocycles. The van der Waals surface area contributed by atoms with Crippen molar-refractivity contribution in [3.8, 4) is 5.82 Å². The molecule has 1 aromatic carbocycles. The number of aliphatic hydroxyl groups excluding tert-OH is 1. The van der Waals surface area contributed by atoms with E-state index in [1.54, 1.807) is 36.1 Å². The van der Waals surface area contributed by atoms with Gasteiger partial charge in [-0.05, 0) is 44.0 Å². The lowest BCUT2D eigenvalue weighted by atomic mass is 10.1. The van der Waals surface area contributed by atoms with E-state index in [0.29, 0.717) is 54.3 Å². The molecule has 10 nitrogen and oxygen atoms in total. The first-order valence-electron chi connectivity index (χ1n) is 9.92. The summed E-state index contributed by atoms with van der Waals surface area (Å²) >= 11 is 0. The van der Waals surface area contributed by atoms with E-state index in [1.807, 2.05) is 0 Å². The molecule has 10 heteroatoms. The second kappa shape index (κ2) is 8.52. The second-order valence-corrected chi connectivity index (χ2v) is 7.39. The lowest BCUT2D eigenvalue weighted by molar-refractivity contribution is 0.0546. The molecule has 0 saturated carbocycles. The lowest BCUT2D eigenvalue weighted by Gasteiger charge is -2.29. The van der Waals surface area contributed by atoms with E-state index >= 15 is 0 Å². The number of aliphatic hydroxyl groups is 1. The van der Waals surface area contributed by atoms with Gasteiger partial charge in [0.2, 0.25) is 0 Å². The van der Waals surface area contributed by atoms with Gasteiger partial charge in [0, 0.05) is 30.4 Å². The fraction of sp³-hybridized carbons (Fsp3) is 0.286. The number of nitrogens with one attached hydrogen (secondary N) is 2. The SMILES string of the molecule is Cc1c(C(=O)Nc2cccc(C(=O)N3CCC(O)CC3)c2)cnn1-c1ccc(=O)[nH]n1. The molecule has 3 aromatic rings. The quantitative estimate of drug-likeness (QED) is 0.577. The summed E-state index contributed by atoms with van der Waals surface area (Å²) in [5.41, 5.74) is 1.52. The first kappa shape index (κ1) is 20.5. The number of carbonyl (C=O) groups excluding carboxylic acids is 2. The van der Waals surface area contributed by atoms with E-state index in [1.165, 1.54) is 23.0 Å². The van der Waals surface area contributed by atoms with E-state index < -0.39 is 0 Å². The average Bonchev–Trinajstić information content (AvgIpc) is 3.16. The first-order chi connectivity index (χ1) is 14.9. The van der Waals surface area contributed by atoms with Crippen LogP contribution >= 0.6 is 0 Å². The van der Waals surface area contributed by atoms with Crippen LogP contribution in [-0.2, 0) is 0 Å². The normalized spacial score (nSPS) is 14.5. The van der Waals surface area contributed by atoms with Gasteiger partial charge in [-0.1, -0.05) is 6.07 Å². The summed E-state index contributed by atoms with van der Waals surface area (Å²) in [6, 6.07) is 9.59. The zero-order chi connectivity index (χ0) is 22.0. The van der Waals surface area contributed by atoms with Crippen molar-refractivity contribution in [1.29, 1.82) is 0 Å². The number of carbonyl (C=O) groups is 2. The van der Waals surface area contributed by atoms with Crippen LogP contribution in [0.2, 0.25) is 0 Å². The van der Waals surface area contributed by atoms with Crippen molar-refractivity contribution in [2.24, 2.45) is 0 Å². The van der Waals surface area contributed by atoms with Crippen LogP contribution in [0.25, 0.3) is 5.82 Å². The van der Waals surface area contributed by atoms with E-state index in [4.69, 9.17) is 0 Å². The number of nitrogens with zero attached hydrogens (tertiary/aromatic N) is 4. The number of hydrogen-bond acceptors (Lipinski definition) is 6. The van der Waals surface area contributed by atoms with E-state index in [-0.39, 0.29) is 23.5 Å². The number of piperidine rings is 1. The van der Waals surface area contributed by atoms with Gasteiger partial charge in [0.05, 0.1) is 23.6 Å². The molecular formula is C21H22N6O4. The molecule has 2 aromatic heterocycles. The van der Waals surface area contributed by atoms with Crippen molar-refractivity contribution in [3.63, 3.8) is 0 Å². The van der Waals surface area contributed by atoms with Gasteiger partial charge in [-0.25, -0.2) is 9.78 Å². The Hall–Kier alpha value is -3.79. The fourth-order valence-corrected chi connectivity index (χ4v) is 3.50. The molecule has 0 spiro atoms. The molecule has 0 bridgehead atoms. The van der Waals surface area contributed by atoms with Crippen LogP contribution in [0.4, 0.5) is 5.69 Å². The molecule has 0 unspecified atom stereocenters. The zero-order valence-corrected chi connectivity index (χ0v) is 16.9. The van der Waals surface area contributed by atoms with Crippen LogP contribution in [0.1, 0.15) is 39.3 Å². The van der Waals surface area contributed by atoms with Crippen molar-refractivity contribution in [2.75, 3.05) is 18.4 Å². The molecule has 31 heavy (non-hydrogen) atoms. The minimum atomic E-state index is -0.376. The highest BCUT2D eigenvalue weighted by Crippen LogP contribution is 2.18. The van der Waals surface area contributed by atoms with E-state index in [2.05, 4.69) is 20.6 Å². The maximum Gasteiger partial charge on any atom is 0.264 e. The Kier molecular flexibility index (Phi) is 5.63. The van der Waals surface area contributed by atoms with Crippen LogP contribution in [0.15, 0.2) is 47.4 Å². The van der Waals surface area contributed by atoms with E-state index in [0.717, 1.165) is 0 Å². The molecule has 1 fully saturated rings. The van der Waals surface area contributed by atoms with Crippen LogP contribution in [0.5, 0.6) is 0 Å². The number of aromatic amines is 1. The lowest BCUT2D eigenvalue weighted by Crippen LogP contribution is -2.40. The predicted molar refractivity (Wildman–Crippen MR) is 112 cm³/mol. The van der Waals surface area contributed by atoms with Crippen LogP contribution in [-0.4, -0.2) is 61.0 Å². The Bertz CT molecular complexity index is 1160. The number of likely N-dealkylation sites (tertiary alicyclic amines) is 1. The van der Waals surface area contributed by atoms with Gasteiger partial charge in [-0.3, -0.25) is 14.4 Å². The standard InChI is InChI=1S/C21H22N6O4/c1-13-17(12-22-27(13)18-5-6-19(29)25-24-18)20(30)23-15-4-2-3-14(11-15)21(31)26-9-7-16(28)8-10-26/h2-6,11-12,16,28H,7-10H2,1H3,(H,23,30)(H,25,29). The highest BCUT2D eigenvalue weighted by molar-refractivity contribution is 6.05. The van der Waals surface area contributed by atoms with Gasteiger partial charge < -0.3 is 15.3 Å². The molecule has 1 aliphatic rings. The third-order valence-electron chi connectivity index (χ3n) is 5.25. The Labute approximate surface area is 177 Å². The molecule has 3 N–H and O–H groups in total. The smallest absolute Gasteiger partial charge is 0.264 e. The Morgan fingerprint density at radius 3 is 2.68 bits per heavy atom. The topological polar surface area (TPSA) is 133 Å². The van der Waals surface area contributed by atoms with Crippen molar-refractivity contribution in [3.05, 3.63) is 69.8 Å². The van der Waals surface area contributed by atoms with Crippen LogP contribution in [0, 0.1) is 6.92 Å². The number of H-pyrrole nitrogens is 1. The third-order valence-corrected chi connectivity index (χ3v) is 5.25. The molecule has 0 aliphatic carbocycles. The monoisotopic (exact) mass is 422 g/mol. The maximum atomic E-state index is 12.8. The van der Waals surface area contributed by atoms with Crippen LogP contribution in [0.3, 0.4) is 0 Å². The van der Waals surface area contributed by atoms with Gasteiger partial charge in [0.15, 0.2) is 5.82 Å². The summed E-state index contributed by atoms with van der Waals surface area (Å²) in [7, 11) is 0. The molecule has 4 rings (SSSR count). The Morgan fingerprint density at radius 2 is 1.97 bits per heavy atom. The van der Waals surface area contributed by atoms with Crippen molar-refractivity contribution in [1.82, 2.24) is 24.9 Å². The zero-order valence-electron chi connectivity index (χ0n) is 16.9. The summed E-state index contributed by atoms with van der Waals surface area (Å²) in [5.74, 6) is -0.120. The number of rotatable bonds is 4. The highest BCUT2D eigenvalue weighted by atomic mass is 16.3. The molecule has 0 atom stereocenters. The Morgan fingerprint density at radius 1 is 1.19 bits per heavy atom. The summed E-state index contributed by atoms with van der Waals surface area (Å²) < 4.78 is 1.45. The maximum absolute atomic E-state index is 12.8. The number of aromatic nitrogens is 4. The molecule has 0 radical (unpaired) electrons. The molecular weight excluding hydrogens is 400 g/mol. The molecule has 160 valence electrons. The second-order valence-electron chi connectivity index (χ2n) is 7.39. The predicted octanol–water partition coefficient (Wildman–Crippen LogP) is 1.11. The van der Waals surface area contributed by atoms with Crippen molar-refractivity contribution in [2.45, 2.75) is 25.9 Å².